The van der Waals surface area contributed by atoms with Gasteiger partial charge in [0, 0.05) is 32.6 Å². The number of methoxy groups -OCH3 is 1. The van der Waals surface area contributed by atoms with Gasteiger partial charge in [0.1, 0.15) is 11.5 Å². The van der Waals surface area contributed by atoms with Crippen molar-refractivity contribution in [2.45, 2.75) is 33.1 Å². The minimum absolute atomic E-state index is 0.0965. The van der Waals surface area contributed by atoms with E-state index in [-0.39, 0.29) is 11.8 Å². The van der Waals surface area contributed by atoms with Gasteiger partial charge in [-0.2, -0.15) is 0 Å². The molecular weight excluding hydrogens is 392 g/mol. The molecule has 0 atom stereocenters. The molecular formula is C25H32N2O4. The molecule has 166 valence electrons. The van der Waals surface area contributed by atoms with Crippen molar-refractivity contribution in [2.75, 3.05) is 39.9 Å². The number of nitrogens with zero attached hydrogens (tertiary/aromatic N) is 2. The molecule has 31 heavy (non-hydrogen) atoms. The number of benzene rings is 2. The van der Waals surface area contributed by atoms with Crippen molar-refractivity contribution >= 4 is 11.8 Å². The third kappa shape index (κ3) is 6.23. The summed E-state index contributed by atoms with van der Waals surface area (Å²) >= 11 is 0. The molecule has 1 saturated heterocycles. The van der Waals surface area contributed by atoms with E-state index >= 15 is 0 Å². The largest absolute Gasteiger partial charge is 0.497 e. The zero-order valence-electron chi connectivity index (χ0n) is 18.7. The van der Waals surface area contributed by atoms with Crippen LogP contribution in [0.2, 0.25) is 0 Å². The highest BCUT2D eigenvalue weighted by Crippen LogP contribution is 2.22. The van der Waals surface area contributed by atoms with E-state index in [0.29, 0.717) is 52.0 Å². The Morgan fingerprint density at radius 3 is 2.03 bits per heavy atom. The zero-order valence-corrected chi connectivity index (χ0v) is 18.7. The van der Waals surface area contributed by atoms with Crippen LogP contribution in [0.3, 0.4) is 0 Å². The van der Waals surface area contributed by atoms with Crippen LogP contribution in [-0.4, -0.2) is 61.5 Å². The number of hydrogen-bond donors (Lipinski definition) is 0. The molecule has 2 aromatic rings. The van der Waals surface area contributed by atoms with E-state index < -0.39 is 0 Å². The fourth-order valence-electron chi connectivity index (χ4n) is 3.82. The lowest BCUT2D eigenvalue weighted by Gasteiger charge is -2.35. The van der Waals surface area contributed by atoms with Crippen LogP contribution in [0, 0.1) is 13.8 Å². The number of carbonyl (C=O) groups excluding carboxylic acids is 2. The molecule has 1 heterocycles. The van der Waals surface area contributed by atoms with Crippen LogP contribution >= 0.6 is 0 Å². The van der Waals surface area contributed by atoms with E-state index in [1.54, 1.807) is 7.11 Å². The van der Waals surface area contributed by atoms with Crippen molar-refractivity contribution in [3.05, 3.63) is 59.2 Å². The van der Waals surface area contributed by atoms with E-state index in [1.807, 2.05) is 66.1 Å². The van der Waals surface area contributed by atoms with Crippen LogP contribution in [0.5, 0.6) is 11.5 Å². The highest BCUT2D eigenvalue weighted by atomic mass is 16.5. The van der Waals surface area contributed by atoms with Crippen LogP contribution in [0.1, 0.15) is 29.5 Å². The maximum atomic E-state index is 12.6. The van der Waals surface area contributed by atoms with Gasteiger partial charge in [-0.3, -0.25) is 9.59 Å². The van der Waals surface area contributed by atoms with Crippen LogP contribution in [0.4, 0.5) is 0 Å². The molecule has 2 amide bonds. The molecule has 6 heteroatoms. The molecule has 1 fully saturated rings. The molecule has 1 aliphatic heterocycles. The summed E-state index contributed by atoms with van der Waals surface area (Å²) in [7, 11) is 1.62. The average molecular weight is 425 g/mol. The monoisotopic (exact) mass is 424 g/mol. The molecule has 0 unspecified atom stereocenters. The summed E-state index contributed by atoms with van der Waals surface area (Å²) in [6, 6.07) is 13.6. The van der Waals surface area contributed by atoms with E-state index in [1.165, 1.54) is 0 Å². The molecule has 0 aromatic heterocycles. The Balaban J connectivity index is 1.37. The number of ether oxygens (including phenoxy) is 2. The third-order valence-electron chi connectivity index (χ3n) is 5.69. The van der Waals surface area contributed by atoms with Gasteiger partial charge < -0.3 is 19.3 Å². The van der Waals surface area contributed by atoms with E-state index in [2.05, 4.69) is 0 Å². The summed E-state index contributed by atoms with van der Waals surface area (Å²) in [5.74, 6) is 1.92. The lowest BCUT2D eigenvalue weighted by atomic mass is 10.1. The first-order valence-electron chi connectivity index (χ1n) is 10.9. The summed E-state index contributed by atoms with van der Waals surface area (Å²) < 4.78 is 11.0. The number of piperazine rings is 1. The number of hydrogen-bond acceptors (Lipinski definition) is 4. The van der Waals surface area contributed by atoms with Crippen LogP contribution in [-0.2, 0) is 16.0 Å². The lowest BCUT2D eigenvalue weighted by molar-refractivity contribution is -0.139. The second-order valence-electron chi connectivity index (χ2n) is 7.96. The zero-order chi connectivity index (χ0) is 22.2. The first-order valence-corrected chi connectivity index (χ1v) is 10.9. The van der Waals surface area contributed by atoms with Crippen LogP contribution < -0.4 is 9.47 Å². The van der Waals surface area contributed by atoms with Crippen molar-refractivity contribution in [3.63, 3.8) is 0 Å². The van der Waals surface area contributed by atoms with Gasteiger partial charge in [-0.05, 0) is 49.1 Å². The topological polar surface area (TPSA) is 59.1 Å². The number of carbonyl (C=O) groups is 2. The minimum Gasteiger partial charge on any atom is -0.497 e. The SMILES string of the molecule is COc1ccc(CC(=O)N2CCN(C(=O)CCCOc3c(C)cccc3C)CC2)cc1. The molecule has 0 bridgehead atoms. The lowest BCUT2D eigenvalue weighted by Crippen LogP contribution is -2.51. The molecule has 0 saturated carbocycles. The van der Waals surface area contributed by atoms with Crippen molar-refractivity contribution < 1.29 is 19.1 Å². The van der Waals surface area contributed by atoms with Crippen molar-refractivity contribution in [3.8, 4) is 11.5 Å². The summed E-state index contributed by atoms with van der Waals surface area (Å²) in [4.78, 5) is 28.8. The first-order chi connectivity index (χ1) is 15.0. The Kier molecular flexibility index (Phi) is 7.93. The Morgan fingerprint density at radius 1 is 0.871 bits per heavy atom. The van der Waals surface area contributed by atoms with Gasteiger partial charge in [-0.15, -0.1) is 0 Å². The summed E-state index contributed by atoms with van der Waals surface area (Å²) in [6.07, 6.45) is 1.52. The number of para-hydroxylation sites is 1. The molecule has 0 aliphatic carbocycles. The smallest absolute Gasteiger partial charge is 0.227 e. The first kappa shape index (κ1) is 22.7. The summed E-state index contributed by atoms with van der Waals surface area (Å²) in [6.45, 7) is 6.93. The molecule has 2 aromatic carbocycles. The maximum Gasteiger partial charge on any atom is 0.227 e. The third-order valence-corrected chi connectivity index (χ3v) is 5.69. The Bertz CT molecular complexity index is 867. The predicted octanol–water partition coefficient (Wildman–Crippen LogP) is 3.38. The average Bonchev–Trinajstić information content (AvgIpc) is 2.78. The van der Waals surface area contributed by atoms with Crippen LogP contribution in [0.15, 0.2) is 42.5 Å². The molecule has 0 radical (unpaired) electrons. The predicted molar refractivity (Wildman–Crippen MR) is 121 cm³/mol. The Hall–Kier alpha value is -3.02. The molecule has 3 rings (SSSR count). The van der Waals surface area contributed by atoms with E-state index in [4.69, 9.17) is 9.47 Å². The molecule has 1 aliphatic rings. The molecule has 6 nitrogen and oxygen atoms in total. The maximum absolute atomic E-state index is 12.6. The second kappa shape index (κ2) is 10.8. The van der Waals surface area contributed by atoms with Crippen molar-refractivity contribution in [1.29, 1.82) is 0 Å². The van der Waals surface area contributed by atoms with Gasteiger partial charge >= 0.3 is 0 Å². The van der Waals surface area contributed by atoms with Crippen molar-refractivity contribution in [1.82, 2.24) is 9.80 Å². The Morgan fingerprint density at radius 2 is 1.45 bits per heavy atom. The number of rotatable bonds is 8. The van der Waals surface area contributed by atoms with Crippen LogP contribution in [0.25, 0.3) is 0 Å². The van der Waals surface area contributed by atoms with Gasteiger partial charge in [-0.1, -0.05) is 30.3 Å². The fourth-order valence-corrected chi connectivity index (χ4v) is 3.82. The number of amides is 2. The highest BCUT2D eigenvalue weighted by molar-refractivity contribution is 5.80. The van der Waals surface area contributed by atoms with Gasteiger partial charge in [0.15, 0.2) is 0 Å². The quantitative estimate of drug-likeness (QED) is 0.610. The summed E-state index contributed by atoms with van der Waals surface area (Å²) in [5.41, 5.74) is 3.19. The highest BCUT2D eigenvalue weighted by Gasteiger charge is 2.23. The standard InChI is InChI=1S/C25H32N2O4/c1-19-6-4-7-20(2)25(19)31-17-5-8-23(28)26-13-15-27(16-14-26)24(29)18-21-9-11-22(30-3)12-10-21/h4,6-7,9-12H,5,8,13-18H2,1-3H3. The molecule has 0 spiro atoms. The summed E-state index contributed by atoms with van der Waals surface area (Å²) in [5, 5.41) is 0. The minimum atomic E-state index is 0.0965. The van der Waals surface area contributed by atoms with Gasteiger partial charge in [0.2, 0.25) is 11.8 Å². The molecule has 0 N–H and O–H groups in total. The van der Waals surface area contributed by atoms with Gasteiger partial charge in [-0.25, -0.2) is 0 Å². The van der Waals surface area contributed by atoms with Gasteiger partial charge in [0.05, 0.1) is 20.1 Å². The fraction of sp³-hybridized carbons (Fsp3) is 0.440. The second-order valence-corrected chi connectivity index (χ2v) is 7.96. The van der Waals surface area contributed by atoms with Gasteiger partial charge in [0.25, 0.3) is 0 Å². The normalized spacial score (nSPS) is 13.8. The number of aryl methyl sites for hydroxylation is 2. The van der Waals surface area contributed by atoms with E-state index in [9.17, 15) is 9.59 Å². The van der Waals surface area contributed by atoms with Crippen molar-refractivity contribution in [2.24, 2.45) is 0 Å². The van der Waals surface area contributed by atoms with E-state index in [0.717, 1.165) is 28.2 Å². The Labute approximate surface area is 184 Å².